The van der Waals surface area contributed by atoms with Crippen LogP contribution in [0.15, 0.2) is 12.1 Å². The number of hydrogen-bond donors (Lipinski definition) is 0. The first-order valence-electron chi connectivity index (χ1n) is 6.92. The highest BCUT2D eigenvalue weighted by molar-refractivity contribution is 6.34. The van der Waals surface area contributed by atoms with Crippen LogP contribution in [-0.4, -0.2) is 18.5 Å². The van der Waals surface area contributed by atoms with Crippen LogP contribution in [0.5, 0.6) is 0 Å². The number of aryl methyl sites for hydroxylation is 2. The van der Waals surface area contributed by atoms with Crippen molar-refractivity contribution in [3.8, 4) is 0 Å². The number of rotatable bonds is 5. The molecule has 0 aromatic heterocycles. The number of Topliss-reactive ketones (excluding diaryl/α,β-unsaturated/α-hetero) is 1. The molecule has 1 saturated carbocycles. The van der Waals surface area contributed by atoms with E-state index in [1.807, 2.05) is 32.9 Å². The van der Waals surface area contributed by atoms with Gasteiger partial charge in [-0.05, 0) is 62.8 Å². The van der Waals surface area contributed by atoms with Gasteiger partial charge in [-0.2, -0.15) is 0 Å². The third-order valence-electron chi connectivity index (χ3n) is 3.95. The van der Waals surface area contributed by atoms with E-state index >= 15 is 0 Å². The summed E-state index contributed by atoms with van der Waals surface area (Å²) >= 11 is 6.17. The van der Waals surface area contributed by atoms with Crippen molar-refractivity contribution in [2.24, 2.45) is 5.92 Å². The van der Waals surface area contributed by atoms with E-state index in [9.17, 15) is 4.79 Å². The van der Waals surface area contributed by atoms with Gasteiger partial charge < -0.3 is 4.74 Å². The summed E-state index contributed by atoms with van der Waals surface area (Å²) in [6.45, 7) is 6.78. The molecule has 0 heterocycles. The van der Waals surface area contributed by atoms with Crippen LogP contribution in [0.1, 0.15) is 47.7 Å². The van der Waals surface area contributed by atoms with Gasteiger partial charge >= 0.3 is 0 Å². The first kappa shape index (κ1) is 14.5. The van der Waals surface area contributed by atoms with Gasteiger partial charge in [0.25, 0.3) is 0 Å². The molecule has 0 N–H and O–H groups in total. The molecule has 1 aliphatic carbocycles. The summed E-state index contributed by atoms with van der Waals surface area (Å²) in [6, 6.07) is 3.80. The van der Waals surface area contributed by atoms with Crippen LogP contribution in [-0.2, 0) is 4.74 Å². The minimum absolute atomic E-state index is 0.160. The molecule has 0 radical (unpaired) electrons. The van der Waals surface area contributed by atoms with Crippen molar-refractivity contribution in [1.29, 1.82) is 0 Å². The second kappa shape index (κ2) is 6.06. The zero-order chi connectivity index (χ0) is 14.0. The number of halogens is 1. The zero-order valence-corrected chi connectivity index (χ0v) is 12.6. The fourth-order valence-electron chi connectivity index (χ4n) is 2.58. The van der Waals surface area contributed by atoms with Gasteiger partial charge in [-0.3, -0.25) is 4.79 Å². The maximum absolute atomic E-state index is 12.3. The van der Waals surface area contributed by atoms with E-state index in [1.165, 1.54) is 0 Å². The Hall–Kier alpha value is -0.860. The molecule has 0 spiro atoms. The van der Waals surface area contributed by atoms with Crippen LogP contribution in [0.3, 0.4) is 0 Å². The van der Waals surface area contributed by atoms with E-state index in [-0.39, 0.29) is 5.78 Å². The Balaban J connectivity index is 1.96. The Labute approximate surface area is 120 Å². The molecule has 2 nitrogen and oxygen atoms in total. The molecule has 3 heteroatoms. The Kier molecular flexibility index (Phi) is 4.64. The lowest BCUT2D eigenvalue weighted by Crippen LogP contribution is -2.32. The Morgan fingerprint density at radius 1 is 1.32 bits per heavy atom. The molecule has 0 amide bonds. The highest BCUT2D eigenvalue weighted by Crippen LogP contribution is 2.34. The molecule has 1 aliphatic rings. The molecule has 1 aromatic rings. The summed E-state index contributed by atoms with van der Waals surface area (Å²) in [5, 5.41) is 0.578. The van der Waals surface area contributed by atoms with Gasteiger partial charge in [0.1, 0.15) is 0 Å². The van der Waals surface area contributed by atoms with Crippen LogP contribution >= 0.6 is 11.6 Å². The molecule has 0 aliphatic heterocycles. The smallest absolute Gasteiger partial charge is 0.164 e. The van der Waals surface area contributed by atoms with E-state index < -0.39 is 0 Å². The monoisotopic (exact) mass is 280 g/mol. The molecule has 104 valence electrons. The molecular weight excluding hydrogens is 260 g/mol. The number of ketones is 1. The molecule has 0 saturated heterocycles. The summed E-state index contributed by atoms with van der Waals surface area (Å²) in [4.78, 5) is 12.3. The second-order valence-corrected chi connectivity index (χ2v) is 5.87. The highest BCUT2D eigenvalue weighted by atomic mass is 35.5. The average molecular weight is 281 g/mol. The maximum atomic E-state index is 12.3. The normalized spacial score (nSPS) is 22.1. The fraction of sp³-hybridized carbons (Fsp3) is 0.562. The number of benzene rings is 1. The SMILES string of the molecule is CCOC1CC(CC(=O)c2cc(C)c(C)cc2Cl)C1. The Morgan fingerprint density at radius 2 is 1.95 bits per heavy atom. The lowest BCUT2D eigenvalue weighted by molar-refractivity contribution is -0.0246. The predicted octanol–water partition coefficient (Wildman–Crippen LogP) is 4.34. The first-order valence-corrected chi connectivity index (χ1v) is 7.30. The van der Waals surface area contributed by atoms with E-state index in [0.717, 1.165) is 30.6 Å². The largest absolute Gasteiger partial charge is 0.378 e. The summed E-state index contributed by atoms with van der Waals surface area (Å²) in [5.41, 5.74) is 2.92. The van der Waals surface area contributed by atoms with Crippen molar-refractivity contribution in [3.63, 3.8) is 0 Å². The Bertz CT molecular complexity index is 476. The van der Waals surface area contributed by atoms with Gasteiger partial charge in [-0.15, -0.1) is 0 Å². The minimum Gasteiger partial charge on any atom is -0.378 e. The summed E-state index contributed by atoms with van der Waals surface area (Å²) < 4.78 is 5.52. The second-order valence-electron chi connectivity index (χ2n) is 5.46. The quantitative estimate of drug-likeness (QED) is 0.750. The van der Waals surface area contributed by atoms with Gasteiger partial charge in [-0.25, -0.2) is 0 Å². The first-order chi connectivity index (χ1) is 9.01. The third kappa shape index (κ3) is 3.37. The van der Waals surface area contributed by atoms with E-state index in [4.69, 9.17) is 16.3 Å². The number of ether oxygens (including phenoxy) is 1. The molecule has 19 heavy (non-hydrogen) atoms. The predicted molar refractivity (Wildman–Crippen MR) is 78.0 cm³/mol. The lowest BCUT2D eigenvalue weighted by Gasteiger charge is -2.34. The highest BCUT2D eigenvalue weighted by Gasteiger charge is 2.31. The molecule has 2 rings (SSSR count). The van der Waals surface area contributed by atoms with Gasteiger partial charge in [0, 0.05) is 18.6 Å². The zero-order valence-electron chi connectivity index (χ0n) is 11.8. The number of carbonyl (C=O) groups is 1. The van der Waals surface area contributed by atoms with Crippen LogP contribution in [0.25, 0.3) is 0 Å². The van der Waals surface area contributed by atoms with Crippen molar-refractivity contribution >= 4 is 17.4 Å². The molecule has 1 aromatic carbocycles. The van der Waals surface area contributed by atoms with E-state index in [0.29, 0.717) is 29.0 Å². The van der Waals surface area contributed by atoms with Crippen LogP contribution in [0.2, 0.25) is 5.02 Å². The van der Waals surface area contributed by atoms with Gasteiger partial charge in [0.05, 0.1) is 11.1 Å². The molecule has 1 fully saturated rings. The van der Waals surface area contributed by atoms with Crippen LogP contribution in [0, 0.1) is 19.8 Å². The van der Waals surface area contributed by atoms with Gasteiger partial charge in [0.15, 0.2) is 5.78 Å². The lowest BCUT2D eigenvalue weighted by atomic mass is 9.78. The molecular formula is C16H21ClO2. The Morgan fingerprint density at radius 3 is 2.58 bits per heavy atom. The summed E-state index contributed by atoms with van der Waals surface area (Å²) in [7, 11) is 0. The number of carbonyl (C=O) groups excluding carboxylic acids is 1. The van der Waals surface area contributed by atoms with E-state index in [1.54, 1.807) is 0 Å². The van der Waals surface area contributed by atoms with Gasteiger partial charge in [-0.1, -0.05) is 11.6 Å². The minimum atomic E-state index is 0.160. The van der Waals surface area contributed by atoms with E-state index in [2.05, 4.69) is 0 Å². The maximum Gasteiger partial charge on any atom is 0.164 e. The fourth-order valence-corrected chi connectivity index (χ4v) is 2.90. The van der Waals surface area contributed by atoms with Crippen molar-refractivity contribution in [2.75, 3.05) is 6.61 Å². The van der Waals surface area contributed by atoms with Crippen molar-refractivity contribution in [1.82, 2.24) is 0 Å². The summed E-state index contributed by atoms with van der Waals surface area (Å²) in [5.74, 6) is 0.620. The molecule has 0 bridgehead atoms. The molecule has 0 unspecified atom stereocenters. The van der Waals surface area contributed by atoms with Crippen LogP contribution in [0.4, 0.5) is 0 Å². The van der Waals surface area contributed by atoms with Crippen molar-refractivity contribution in [3.05, 3.63) is 33.8 Å². The molecule has 0 atom stereocenters. The standard InChI is InChI=1S/C16H21ClO2/c1-4-19-13-7-12(8-13)9-16(18)14-5-10(2)11(3)6-15(14)17/h5-6,12-13H,4,7-9H2,1-3H3. The summed E-state index contributed by atoms with van der Waals surface area (Å²) in [6.07, 6.45) is 2.95. The van der Waals surface area contributed by atoms with Crippen molar-refractivity contribution < 1.29 is 9.53 Å². The van der Waals surface area contributed by atoms with Gasteiger partial charge in [0.2, 0.25) is 0 Å². The number of hydrogen-bond acceptors (Lipinski definition) is 2. The van der Waals surface area contributed by atoms with Crippen molar-refractivity contribution in [2.45, 2.75) is 46.1 Å². The topological polar surface area (TPSA) is 26.3 Å². The van der Waals surface area contributed by atoms with Crippen LogP contribution < -0.4 is 0 Å². The average Bonchev–Trinajstić information content (AvgIpc) is 2.31. The third-order valence-corrected chi connectivity index (χ3v) is 4.27.